The second-order valence-electron chi connectivity index (χ2n) is 5.72. The number of hydrogen-bond acceptors (Lipinski definition) is 2. The Hall–Kier alpha value is -0.0800. The lowest BCUT2D eigenvalue weighted by molar-refractivity contribution is 0.307. The van der Waals surface area contributed by atoms with Gasteiger partial charge in [0.15, 0.2) is 0 Å². The van der Waals surface area contributed by atoms with Crippen molar-refractivity contribution in [2.75, 3.05) is 26.7 Å². The van der Waals surface area contributed by atoms with Crippen molar-refractivity contribution in [3.63, 3.8) is 0 Å². The molecular formula is C14H30N2. The molecule has 96 valence electrons. The van der Waals surface area contributed by atoms with Gasteiger partial charge in [-0.3, -0.25) is 0 Å². The van der Waals surface area contributed by atoms with Gasteiger partial charge in [-0.05, 0) is 57.3 Å². The highest BCUT2D eigenvalue weighted by Gasteiger charge is 2.15. The largest absolute Gasteiger partial charge is 0.319 e. The van der Waals surface area contributed by atoms with E-state index in [1.807, 2.05) is 0 Å². The van der Waals surface area contributed by atoms with E-state index >= 15 is 0 Å². The summed E-state index contributed by atoms with van der Waals surface area (Å²) in [7, 11) is 2.05. The summed E-state index contributed by atoms with van der Waals surface area (Å²) in [4.78, 5) is 0. The fourth-order valence-corrected chi connectivity index (χ4v) is 2.67. The van der Waals surface area contributed by atoms with Gasteiger partial charge in [-0.25, -0.2) is 0 Å². The highest BCUT2D eigenvalue weighted by molar-refractivity contribution is 4.72. The van der Waals surface area contributed by atoms with Crippen LogP contribution in [0.2, 0.25) is 0 Å². The van der Waals surface area contributed by atoms with E-state index in [0.717, 1.165) is 24.3 Å². The Morgan fingerprint density at radius 1 is 1.06 bits per heavy atom. The third-order valence-corrected chi connectivity index (χ3v) is 3.97. The van der Waals surface area contributed by atoms with Gasteiger partial charge >= 0.3 is 0 Å². The lowest BCUT2D eigenvalue weighted by Crippen LogP contribution is -2.35. The molecule has 1 rings (SSSR count). The molecule has 0 radical (unpaired) electrons. The minimum atomic E-state index is 0.770. The van der Waals surface area contributed by atoms with Crippen LogP contribution in [-0.2, 0) is 0 Å². The maximum absolute atomic E-state index is 3.68. The highest BCUT2D eigenvalue weighted by Crippen LogP contribution is 2.22. The van der Waals surface area contributed by atoms with Crippen molar-refractivity contribution in [1.29, 1.82) is 0 Å². The average Bonchev–Trinajstić information content (AvgIpc) is 2.29. The van der Waals surface area contributed by atoms with Crippen LogP contribution in [0.25, 0.3) is 0 Å². The zero-order valence-corrected chi connectivity index (χ0v) is 11.4. The Kier molecular flexibility index (Phi) is 7.06. The molecule has 2 N–H and O–H groups in total. The van der Waals surface area contributed by atoms with Gasteiger partial charge in [0.2, 0.25) is 0 Å². The smallest absolute Gasteiger partial charge is 0.000581 e. The highest BCUT2D eigenvalue weighted by atomic mass is 14.9. The van der Waals surface area contributed by atoms with E-state index in [9.17, 15) is 0 Å². The normalized spacial score (nSPS) is 20.2. The first-order chi connectivity index (χ1) is 7.74. The SMILES string of the molecule is CNCC(CNCC1CCCCC1)C(C)C. The van der Waals surface area contributed by atoms with Crippen LogP contribution in [0.5, 0.6) is 0 Å². The maximum atomic E-state index is 3.68. The Balaban J connectivity index is 2.11. The summed E-state index contributed by atoms with van der Waals surface area (Å²) in [6.07, 6.45) is 7.27. The van der Waals surface area contributed by atoms with E-state index in [-0.39, 0.29) is 0 Å². The van der Waals surface area contributed by atoms with Crippen LogP contribution in [0.15, 0.2) is 0 Å². The molecule has 1 unspecified atom stereocenters. The van der Waals surface area contributed by atoms with Gasteiger partial charge in [-0.15, -0.1) is 0 Å². The summed E-state index contributed by atoms with van der Waals surface area (Å²) in [5, 5.41) is 6.98. The first-order valence-electron chi connectivity index (χ1n) is 7.09. The summed E-state index contributed by atoms with van der Waals surface area (Å²) in [5.41, 5.74) is 0. The quantitative estimate of drug-likeness (QED) is 0.697. The fourth-order valence-electron chi connectivity index (χ4n) is 2.67. The molecule has 2 nitrogen and oxygen atoms in total. The maximum Gasteiger partial charge on any atom is -0.000581 e. The van der Waals surface area contributed by atoms with E-state index < -0.39 is 0 Å². The Bertz CT molecular complexity index is 162. The van der Waals surface area contributed by atoms with Crippen molar-refractivity contribution in [3.8, 4) is 0 Å². The molecule has 1 atom stereocenters. The zero-order chi connectivity index (χ0) is 11.8. The molecule has 0 aromatic rings. The molecular weight excluding hydrogens is 196 g/mol. The average molecular weight is 226 g/mol. The Morgan fingerprint density at radius 3 is 2.31 bits per heavy atom. The number of rotatable bonds is 7. The molecule has 1 aliphatic rings. The van der Waals surface area contributed by atoms with Crippen molar-refractivity contribution in [1.82, 2.24) is 10.6 Å². The van der Waals surface area contributed by atoms with Gasteiger partial charge in [0.1, 0.15) is 0 Å². The second kappa shape index (κ2) is 8.08. The molecule has 16 heavy (non-hydrogen) atoms. The molecule has 2 heteroatoms. The van der Waals surface area contributed by atoms with E-state index in [2.05, 4.69) is 31.5 Å². The Labute approximate surface area is 102 Å². The van der Waals surface area contributed by atoms with Gasteiger partial charge < -0.3 is 10.6 Å². The lowest BCUT2D eigenvalue weighted by Gasteiger charge is -2.25. The molecule has 1 aliphatic carbocycles. The van der Waals surface area contributed by atoms with Crippen molar-refractivity contribution < 1.29 is 0 Å². The predicted molar refractivity (Wildman–Crippen MR) is 71.7 cm³/mol. The zero-order valence-electron chi connectivity index (χ0n) is 11.4. The molecule has 0 saturated heterocycles. The lowest BCUT2D eigenvalue weighted by atomic mass is 9.89. The van der Waals surface area contributed by atoms with Gasteiger partial charge in [-0.2, -0.15) is 0 Å². The van der Waals surface area contributed by atoms with Crippen LogP contribution in [0.1, 0.15) is 46.0 Å². The molecule has 0 aromatic carbocycles. The third kappa shape index (κ3) is 5.31. The summed E-state index contributed by atoms with van der Waals surface area (Å²) < 4.78 is 0. The van der Waals surface area contributed by atoms with Gasteiger partial charge in [0, 0.05) is 0 Å². The summed E-state index contributed by atoms with van der Waals surface area (Å²) in [5.74, 6) is 2.50. The molecule has 0 amide bonds. The first kappa shape index (κ1) is 14.0. The van der Waals surface area contributed by atoms with Crippen LogP contribution in [0.3, 0.4) is 0 Å². The molecule has 0 aromatic heterocycles. The van der Waals surface area contributed by atoms with E-state index in [1.165, 1.54) is 45.2 Å². The van der Waals surface area contributed by atoms with Crippen molar-refractivity contribution in [2.45, 2.75) is 46.0 Å². The Morgan fingerprint density at radius 2 is 1.75 bits per heavy atom. The van der Waals surface area contributed by atoms with Crippen molar-refractivity contribution >= 4 is 0 Å². The van der Waals surface area contributed by atoms with E-state index in [4.69, 9.17) is 0 Å². The molecule has 1 saturated carbocycles. The molecule has 0 aliphatic heterocycles. The fraction of sp³-hybridized carbons (Fsp3) is 1.00. The summed E-state index contributed by atoms with van der Waals surface area (Å²) >= 11 is 0. The van der Waals surface area contributed by atoms with E-state index in [1.54, 1.807) is 0 Å². The van der Waals surface area contributed by atoms with Crippen LogP contribution >= 0.6 is 0 Å². The molecule has 0 spiro atoms. The molecule has 1 fully saturated rings. The standard InChI is InChI=1S/C14H30N2/c1-12(2)14(10-15-3)11-16-9-13-7-5-4-6-8-13/h12-16H,4-11H2,1-3H3. The first-order valence-corrected chi connectivity index (χ1v) is 7.09. The third-order valence-electron chi connectivity index (χ3n) is 3.97. The van der Waals surface area contributed by atoms with Gasteiger partial charge in [0.05, 0.1) is 0 Å². The van der Waals surface area contributed by atoms with Crippen LogP contribution in [-0.4, -0.2) is 26.7 Å². The minimum absolute atomic E-state index is 0.770. The molecule has 0 heterocycles. The number of nitrogens with one attached hydrogen (secondary N) is 2. The predicted octanol–water partition coefficient (Wildman–Crippen LogP) is 2.65. The van der Waals surface area contributed by atoms with Gasteiger partial charge in [0.25, 0.3) is 0 Å². The molecule has 0 bridgehead atoms. The van der Waals surface area contributed by atoms with E-state index in [0.29, 0.717) is 0 Å². The van der Waals surface area contributed by atoms with Gasteiger partial charge in [-0.1, -0.05) is 33.1 Å². The minimum Gasteiger partial charge on any atom is -0.319 e. The van der Waals surface area contributed by atoms with Crippen LogP contribution < -0.4 is 10.6 Å². The van der Waals surface area contributed by atoms with Crippen molar-refractivity contribution in [2.24, 2.45) is 17.8 Å². The number of hydrogen-bond donors (Lipinski definition) is 2. The second-order valence-corrected chi connectivity index (χ2v) is 5.72. The topological polar surface area (TPSA) is 24.1 Å². The summed E-state index contributed by atoms with van der Waals surface area (Å²) in [6, 6.07) is 0. The van der Waals surface area contributed by atoms with Crippen LogP contribution in [0.4, 0.5) is 0 Å². The summed E-state index contributed by atoms with van der Waals surface area (Å²) in [6.45, 7) is 8.20. The monoisotopic (exact) mass is 226 g/mol. The van der Waals surface area contributed by atoms with Crippen LogP contribution in [0, 0.1) is 17.8 Å². The van der Waals surface area contributed by atoms with Crippen molar-refractivity contribution in [3.05, 3.63) is 0 Å².